The topological polar surface area (TPSA) is 49.3 Å². The lowest BCUT2D eigenvalue weighted by molar-refractivity contribution is -0.137. The van der Waals surface area contributed by atoms with Crippen LogP contribution >= 0.6 is 0 Å². The van der Waals surface area contributed by atoms with Gasteiger partial charge in [0.1, 0.15) is 0 Å². The molecule has 0 radical (unpaired) electrons. The quantitative estimate of drug-likeness (QED) is 0.833. The molecule has 1 heterocycles. The largest absolute Gasteiger partial charge is 0.481 e. The van der Waals surface area contributed by atoms with E-state index in [9.17, 15) is 4.79 Å². The Bertz CT molecular complexity index is 475. The molecular formula is C14H15NO2. The van der Waals surface area contributed by atoms with Crippen LogP contribution in [0.1, 0.15) is 24.8 Å². The van der Waals surface area contributed by atoms with Crippen LogP contribution in [-0.2, 0) is 4.79 Å². The van der Waals surface area contributed by atoms with Gasteiger partial charge in [-0.3, -0.25) is 4.79 Å². The van der Waals surface area contributed by atoms with Gasteiger partial charge in [0.25, 0.3) is 0 Å². The third kappa shape index (κ3) is 3.21. The minimum atomic E-state index is -0.737. The van der Waals surface area contributed by atoms with Crippen molar-refractivity contribution in [1.82, 2.24) is 0 Å². The van der Waals surface area contributed by atoms with E-state index < -0.39 is 5.97 Å². The van der Waals surface area contributed by atoms with Gasteiger partial charge in [0.05, 0.1) is 0 Å². The van der Waals surface area contributed by atoms with E-state index in [1.54, 1.807) is 0 Å². The number of carboxylic acids is 1. The van der Waals surface area contributed by atoms with Gasteiger partial charge in [-0.25, -0.2) is 0 Å². The van der Waals surface area contributed by atoms with Crippen LogP contribution in [-0.4, -0.2) is 11.1 Å². The van der Waals surface area contributed by atoms with Crippen LogP contribution in [0.15, 0.2) is 42.1 Å². The molecular weight excluding hydrogens is 214 g/mol. The summed E-state index contributed by atoms with van der Waals surface area (Å²) in [7, 11) is 0. The summed E-state index contributed by atoms with van der Waals surface area (Å²) in [6, 6.07) is 8.06. The molecule has 0 spiro atoms. The number of allylic oxidation sites excluding steroid dienone is 2. The van der Waals surface area contributed by atoms with E-state index in [-0.39, 0.29) is 6.42 Å². The fraction of sp³-hybridized carbons (Fsp3) is 0.214. The Morgan fingerprint density at radius 3 is 2.88 bits per heavy atom. The molecule has 0 atom stereocenters. The van der Waals surface area contributed by atoms with Gasteiger partial charge < -0.3 is 10.4 Å². The maximum atomic E-state index is 10.4. The van der Waals surface area contributed by atoms with Crippen LogP contribution in [0, 0.1) is 0 Å². The second-order valence-corrected chi connectivity index (χ2v) is 4.03. The average molecular weight is 229 g/mol. The molecule has 1 aromatic carbocycles. The average Bonchev–Trinajstić information content (AvgIpc) is 2.52. The van der Waals surface area contributed by atoms with Crippen LogP contribution in [0.2, 0.25) is 0 Å². The molecule has 3 heteroatoms. The molecule has 0 unspecified atom stereocenters. The molecule has 0 bridgehead atoms. The summed E-state index contributed by atoms with van der Waals surface area (Å²) in [6.07, 6.45) is 7.72. The summed E-state index contributed by atoms with van der Waals surface area (Å²) < 4.78 is 0. The Morgan fingerprint density at radius 2 is 2.06 bits per heavy atom. The highest BCUT2D eigenvalue weighted by Gasteiger charge is 2.03. The first kappa shape index (κ1) is 11.5. The minimum absolute atomic E-state index is 0.220. The van der Waals surface area contributed by atoms with E-state index in [0.717, 1.165) is 23.2 Å². The molecule has 0 saturated heterocycles. The highest BCUT2D eigenvalue weighted by Crippen LogP contribution is 2.22. The van der Waals surface area contributed by atoms with Crippen molar-refractivity contribution in [2.45, 2.75) is 19.3 Å². The van der Waals surface area contributed by atoms with Gasteiger partial charge in [-0.1, -0.05) is 30.4 Å². The number of nitrogens with one attached hydrogen (secondary N) is 1. The molecule has 2 N–H and O–H groups in total. The lowest BCUT2D eigenvalue weighted by atomic mass is 10.1. The van der Waals surface area contributed by atoms with Crippen molar-refractivity contribution in [3.05, 3.63) is 47.7 Å². The van der Waals surface area contributed by atoms with E-state index in [1.807, 2.05) is 36.5 Å². The van der Waals surface area contributed by atoms with Crippen molar-refractivity contribution >= 4 is 17.7 Å². The summed E-state index contributed by atoms with van der Waals surface area (Å²) in [5.41, 5.74) is 3.36. The number of para-hydroxylation sites is 1. The van der Waals surface area contributed by atoms with Gasteiger partial charge in [-0.15, -0.1) is 0 Å². The summed E-state index contributed by atoms with van der Waals surface area (Å²) in [4.78, 5) is 10.4. The normalized spacial score (nSPS) is 13.3. The molecule has 0 saturated carbocycles. The standard InChI is InChI=1S/C14H15NO2/c16-14(17)7-3-4-11-8-9-12-5-1-2-6-13(12)15-10-11/h1-2,5-6,8-10,15H,3-4,7H2,(H,16,17). The molecule has 0 aromatic heterocycles. The van der Waals surface area contributed by atoms with Crippen molar-refractivity contribution in [2.24, 2.45) is 0 Å². The minimum Gasteiger partial charge on any atom is -0.481 e. The predicted octanol–water partition coefficient (Wildman–Crippen LogP) is 3.26. The van der Waals surface area contributed by atoms with E-state index in [2.05, 4.69) is 11.4 Å². The third-order valence-corrected chi connectivity index (χ3v) is 2.71. The third-order valence-electron chi connectivity index (χ3n) is 2.71. The van der Waals surface area contributed by atoms with Crippen LogP contribution in [0.4, 0.5) is 5.69 Å². The van der Waals surface area contributed by atoms with Crippen molar-refractivity contribution in [3.63, 3.8) is 0 Å². The van der Waals surface area contributed by atoms with E-state index >= 15 is 0 Å². The van der Waals surface area contributed by atoms with Crippen molar-refractivity contribution in [1.29, 1.82) is 0 Å². The number of carboxylic acid groups (broad SMARTS) is 1. The maximum absolute atomic E-state index is 10.4. The summed E-state index contributed by atoms with van der Waals surface area (Å²) in [6.45, 7) is 0. The van der Waals surface area contributed by atoms with Gasteiger partial charge in [-0.05, 0) is 30.0 Å². The van der Waals surface area contributed by atoms with Crippen molar-refractivity contribution in [3.8, 4) is 0 Å². The van der Waals surface area contributed by atoms with E-state index in [1.165, 1.54) is 0 Å². The number of rotatable bonds is 4. The van der Waals surface area contributed by atoms with Gasteiger partial charge in [-0.2, -0.15) is 0 Å². The fourth-order valence-corrected chi connectivity index (χ4v) is 1.79. The van der Waals surface area contributed by atoms with Crippen LogP contribution in [0.5, 0.6) is 0 Å². The number of aliphatic carboxylic acids is 1. The first-order chi connectivity index (χ1) is 8.25. The van der Waals surface area contributed by atoms with E-state index in [4.69, 9.17) is 5.11 Å². The zero-order valence-electron chi connectivity index (χ0n) is 9.52. The molecule has 0 amide bonds. The summed E-state index contributed by atoms with van der Waals surface area (Å²) in [5, 5.41) is 11.8. The van der Waals surface area contributed by atoms with Crippen LogP contribution < -0.4 is 5.32 Å². The number of benzene rings is 1. The van der Waals surface area contributed by atoms with Gasteiger partial charge in [0, 0.05) is 18.3 Å². The molecule has 88 valence electrons. The van der Waals surface area contributed by atoms with E-state index in [0.29, 0.717) is 6.42 Å². The smallest absolute Gasteiger partial charge is 0.303 e. The number of hydrogen-bond acceptors (Lipinski definition) is 2. The van der Waals surface area contributed by atoms with Gasteiger partial charge >= 0.3 is 5.97 Å². The molecule has 2 rings (SSSR count). The Kier molecular flexibility index (Phi) is 3.60. The highest BCUT2D eigenvalue weighted by molar-refractivity contribution is 5.71. The Hall–Kier alpha value is -2.03. The molecule has 1 aliphatic heterocycles. The molecule has 0 aliphatic carbocycles. The van der Waals surface area contributed by atoms with Gasteiger partial charge in [0.15, 0.2) is 0 Å². The second-order valence-electron chi connectivity index (χ2n) is 4.03. The first-order valence-corrected chi connectivity index (χ1v) is 5.70. The summed E-state index contributed by atoms with van der Waals surface area (Å²) >= 11 is 0. The lowest BCUT2D eigenvalue weighted by Gasteiger charge is -2.03. The molecule has 0 fully saturated rings. The molecule has 1 aliphatic rings. The number of carbonyl (C=O) groups is 1. The monoisotopic (exact) mass is 229 g/mol. The van der Waals surface area contributed by atoms with Gasteiger partial charge in [0.2, 0.25) is 0 Å². The van der Waals surface area contributed by atoms with Crippen LogP contribution in [0.3, 0.4) is 0 Å². The maximum Gasteiger partial charge on any atom is 0.303 e. The number of hydrogen-bond donors (Lipinski definition) is 2. The van der Waals surface area contributed by atoms with Crippen molar-refractivity contribution < 1.29 is 9.90 Å². The highest BCUT2D eigenvalue weighted by atomic mass is 16.4. The number of fused-ring (bicyclic) bond motifs is 1. The SMILES string of the molecule is O=C(O)CCCC1=CNc2ccccc2C=C1. The zero-order chi connectivity index (χ0) is 12.1. The fourth-order valence-electron chi connectivity index (χ4n) is 1.79. The summed E-state index contributed by atoms with van der Waals surface area (Å²) in [5.74, 6) is -0.737. The zero-order valence-corrected chi connectivity index (χ0v) is 9.52. The number of anilines is 1. The first-order valence-electron chi connectivity index (χ1n) is 5.70. The lowest BCUT2D eigenvalue weighted by Crippen LogP contribution is -1.95. The Labute approximate surface area is 100 Å². The predicted molar refractivity (Wildman–Crippen MR) is 68.7 cm³/mol. The Morgan fingerprint density at radius 1 is 1.24 bits per heavy atom. The molecule has 1 aromatic rings. The van der Waals surface area contributed by atoms with Crippen molar-refractivity contribution in [2.75, 3.05) is 5.32 Å². The van der Waals surface area contributed by atoms with Crippen LogP contribution in [0.25, 0.3) is 6.08 Å². The second kappa shape index (κ2) is 5.34. The molecule has 17 heavy (non-hydrogen) atoms. The molecule has 3 nitrogen and oxygen atoms in total. The Balaban J connectivity index is 2.00.